The number of sulfonamides is 1. The van der Waals surface area contributed by atoms with E-state index < -0.39 is 16.0 Å². The summed E-state index contributed by atoms with van der Waals surface area (Å²) in [7, 11) is -2.29. The predicted octanol–water partition coefficient (Wildman–Crippen LogP) is 1.35. The monoisotopic (exact) mass is 317 g/mol. The average Bonchev–Trinajstić information content (AvgIpc) is 2.81. The van der Waals surface area contributed by atoms with Gasteiger partial charge in [0.15, 0.2) is 0 Å². The highest BCUT2D eigenvalue weighted by Gasteiger charge is 2.27. The minimum atomic E-state index is -3.91. The summed E-state index contributed by atoms with van der Waals surface area (Å²) < 4.78 is 38.4. The molecule has 118 valence electrons. The maximum absolute atomic E-state index is 12.0. The number of furan rings is 1. The first-order chi connectivity index (χ1) is 9.81. The van der Waals surface area contributed by atoms with Crippen LogP contribution in [0.5, 0.6) is 0 Å². The third kappa shape index (κ3) is 3.84. The lowest BCUT2D eigenvalue weighted by Gasteiger charge is -2.27. The van der Waals surface area contributed by atoms with E-state index >= 15 is 0 Å². The first-order valence-electron chi connectivity index (χ1n) is 6.68. The number of primary sulfonamides is 1. The van der Waals surface area contributed by atoms with Crippen LogP contribution < -0.4 is 5.14 Å². The van der Waals surface area contributed by atoms with Crippen LogP contribution in [-0.2, 0) is 19.5 Å². The van der Waals surface area contributed by atoms with E-state index in [9.17, 15) is 13.2 Å². The first-order valence-corrected chi connectivity index (χ1v) is 8.23. The van der Waals surface area contributed by atoms with Crippen LogP contribution >= 0.6 is 0 Å². The van der Waals surface area contributed by atoms with E-state index in [1.54, 1.807) is 7.11 Å². The smallest absolute Gasteiger partial charge is 0.374 e. The molecule has 7 nitrogen and oxygen atoms in total. The number of rotatable bonds is 4. The van der Waals surface area contributed by atoms with Gasteiger partial charge in [-0.2, -0.15) is 0 Å². The summed E-state index contributed by atoms with van der Waals surface area (Å²) in [6.45, 7) is 1.43. The van der Waals surface area contributed by atoms with Gasteiger partial charge in [-0.1, -0.05) is 0 Å². The molecule has 0 saturated heterocycles. The van der Waals surface area contributed by atoms with E-state index in [1.807, 2.05) is 0 Å². The molecule has 1 heterocycles. The molecule has 2 unspecified atom stereocenters. The van der Waals surface area contributed by atoms with Crippen LogP contribution in [0.15, 0.2) is 15.4 Å². The highest BCUT2D eigenvalue weighted by molar-refractivity contribution is 7.89. The Kier molecular flexibility index (Phi) is 4.70. The maximum Gasteiger partial charge on any atom is 0.374 e. The Bertz CT molecular complexity index is 621. The van der Waals surface area contributed by atoms with Gasteiger partial charge < -0.3 is 13.9 Å². The second-order valence-corrected chi connectivity index (χ2v) is 6.66. The van der Waals surface area contributed by atoms with E-state index in [-0.39, 0.29) is 28.6 Å². The summed E-state index contributed by atoms with van der Waals surface area (Å²) in [5.41, 5.74) is 0. The molecule has 0 spiro atoms. The Morgan fingerprint density at radius 1 is 1.38 bits per heavy atom. The van der Waals surface area contributed by atoms with Crippen molar-refractivity contribution >= 4 is 16.0 Å². The molecule has 0 bridgehead atoms. The van der Waals surface area contributed by atoms with Crippen LogP contribution in [0.25, 0.3) is 0 Å². The molecule has 8 heteroatoms. The summed E-state index contributed by atoms with van der Waals surface area (Å²) in [4.78, 5) is 11.8. The Balaban J connectivity index is 2.07. The van der Waals surface area contributed by atoms with Crippen molar-refractivity contribution in [1.82, 2.24) is 0 Å². The van der Waals surface area contributed by atoms with Crippen LogP contribution in [0.3, 0.4) is 0 Å². The number of methoxy groups -OCH3 is 1. The zero-order valence-electron chi connectivity index (χ0n) is 12.0. The fourth-order valence-electron chi connectivity index (χ4n) is 2.48. The molecule has 2 rings (SSSR count). The quantitative estimate of drug-likeness (QED) is 0.840. The summed E-state index contributed by atoms with van der Waals surface area (Å²) in [5, 5.41) is 5.04. The third-order valence-corrected chi connectivity index (χ3v) is 4.58. The van der Waals surface area contributed by atoms with E-state index in [2.05, 4.69) is 0 Å². The van der Waals surface area contributed by atoms with Crippen molar-refractivity contribution in [2.75, 3.05) is 7.11 Å². The molecule has 1 aromatic heterocycles. The summed E-state index contributed by atoms with van der Waals surface area (Å²) in [5.74, 6) is -0.770. The molecular weight excluding hydrogens is 298 g/mol. The second-order valence-electron chi connectivity index (χ2n) is 5.13. The lowest BCUT2D eigenvalue weighted by molar-refractivity contribution is -0.0169. The lowest BCUT2D eigenvalue weighted by Crippen LogP contribution is -2.29. The van der Waals surface area contributed by atoms with Crippen LogP contribution in [0.4, 0.5) is 0 Å². The van der Waals surface area contributed by atoms with Crippen molar-refractivity contribution in [1.29, 1.82) is 0 Å². The molecule has 1 saturated carbocycles. The molecule has 1 fully saturated rings. The van der Waals surface area contributed by atoms with E-state index in [4.69, 9.17) is 19.0 Å². The SMILES string of the molecule is COC1CCCC(OC(=O)c2cc(S(N)(=O)=O)c(C)o2)C1. The molecule has 1 aliphatic rings. The summed E-state index contributed by atoms with van der Waals surface area (Å²) in [6.07, 6.45) is 3.07. The highest BCUT2D eigenvalue weighted by atomic mass is 32.2. The predicted molar refractivity (Wildman–Crippen MR) is 73.3 cm³/mol. The third-order valence-electron chi connectivity index (χ3n) is 3.56. The number of ether oxygens (including phenoxy) is 2. The minimum absolute atomic E-state index is 0.0721. The second kappa shape index (κ2) is 6.17. The van der Waals surface area contributed by atoms with Crippen molar-refractivity contribution in [2.45, 2.75) is 49.7 Å². The van der Waals surface area contributed by atoms with Gasteiger partial charge in [-0.25, -0.2) is 18.4 Å². The largest absolute Gasteiger partial charge is 0.456 e. The van der Waals surface area contributed by atoms with Gasteiger partial charge >= 0.3 is 5.97 Å². The number of hydrogen-bond donors (Lipinski definition) is 1. The first kappa shape index (κ1) is 16.0. The molecular formula is C13H19NO6S. The fourth-order valence-corrected chi connectivity index (χ4v) is 3.19. The Hall–Kier alpha value is -1.38. The Morgan fingerprint density at radius 3 is 2.62 bits per heavy atom. The van der Waals surface area contributed by atoms with E-state index in [1.165, 1.54) is 6.92 Å². The number of aryl methyl sites for hydroxylation is 1. The molecule has 1 aliphatic carbocycles. The van der Waals surface area contributed by atoms with Gasteiger partial charge in [-0.05, 0) is 26.2 Å². The highest BCUT2D eigenvalue weighted by Crippen LogP contribution is 2.25. The Morgan fingerprint density at radius 2 is 2.05 bits per heavy atom. The molecule has 0 amide bonds. The van der Waals surface area contributed by atoms with Gasteiger partial charge in [-0.15, -0.1) is 0 Å². The van der Waals surface area contributed by atoms with Gasteiger partial charge in [0, 0.05) is 19.6 Å². The molecule has 0 aliphatic heterocycles. The van der Waals surface area contributed by atoms with E-state index in [0.717, 1.165) is 25.3 Å². The normalized spacial score (nSPS) is 23.0. The van der Waals surface area contributed by atoms with Gasteiger partial charge in [0.1, 0.15) is 16.8 Å². The van der Waals surface area contributed by atoms with Crippen molar-refractivity contribution in [3.8, 4) is 0 Å². The molecule has 2 atom stereocenters. The average molecular weight is 317 g/mol. The van der Waals surface area contributed by atoms with Gasteiger partial charge in [0.25, 0.3) is 0 Å². The molecule has 21 heavy (non-hydrogen) atoms. The minimum Gasteiger partial charge on any atom is -0.456 e. The fraction of sp³-hybridized carbons (Fsp3) is 0.615. The maximum atomic E-state index is 12.0. The van der Waals surface area contributed by atoms with Crippen LogP contribution in [-0.4, -0.2) is 33.7 Å². The van der Waals surface area contributed by atoms with Crippen molar-refractivity contribution in [3.63, 3.8) is 0 Å². The standard InChI is InChI=1S/C13H19NO6S/c1-8-12(21(14,16)17)7-11(19-8)13(15)20-10-5-3-4-9(6-10)18-2/h7,9-10H,3-6H2,1-2H3,(H2,14,16,17). The molecule has 0 aromatic carbocycles. The lowest BCUT2D eigenvalue weighted by atomic mass is 9.95. The number of carbonyl (C=O) groups excluding carboxylic acids is 1. The van der Waals surface area contributed by atoms with Gasteiger partial charge in [0.05, 0.1) is 6.10 Å². The number of carbonyl (C=O) groups is 1. The van der Waals surface area contributed by atoms with Crippen molar-refractivity contribution in [3.05, 3.63) is 17.6 Å². The van der Waals surface area contributed by atoms with Crippen molar-refractivity contribution < 1.29 is 27.1 Å². The number of esters is 1. The number of nitrogens with two attached hydrogens (primary N) is 1. The van der Waals surface area contributed by atoms with Gasteiger partial charge in [0.2, 0.25) is 15.8 Å². The van der Waals surface area contributed by atoms with Crippen LogP contribution in [0.2, 0.25) is 0 Å². The van der Waals surface area contributed by atoms with Gasteiger partial charge in [-0.3, -0.25) is 0 Å². The molecule has 2 N–H and O–H groups in total. The Labute approximate surface area is 123 Å². The molecule has 1 aromatic rings. The molecule has 0 radical (unpaired) electrons. The topological polar surface area (TPSA) is 109 Å². The summed E-state index contributed by atoms with van der Waals surface area (Å²) >= 11 is 0. The van der Waals surface area contributed by atoms with Crippen LogP contribution in [0.1, 0.15) is 42.0 Å². The van der Waals surface area contributed by atoms with Crippen LogP contribution in [0, 0.1) is 6.92 Å². The van der Waals surface area contributed by atoms with Crippen molar-refractivity contribution in [2.24, 2.45) is 5.14 Å². The summed E-state index contributed by atoms with van der Waals surface area (Å²) in [6, 6.07) is 1.10. The van der Waals surface area contributed by atoms with E-state index in [0.29, 0.717) is 6.42 Å². The zero-order valence-corrected chi connectivity index (χ0v) is 12.8. The number of hydrogen-bond acceptors (Lipinski definition) is 6. The zero-order chi connectivity index (χ0) is 15.6.